The van der Waals surface area contributed by atoms with Crippen LogP contribution in [0.2, 0.25) is 0 Å². The standard InChI is InChI=1S/C48H55F2N11O6/c1-55-42(62)14-13-39(48(55)65)59-28-37-35(47(59)64)3-2-4-40(37)67-30-33-7-5-31(6-8-33)26-56-17-19-57(20-18-56)27-32-9-11-34(12-10-32)61-29-38(43(54-61)44(49)50)52-46(63)36-25-51-60-16-15-41(53-45(36)60)58-21-23-66-24-22-58/h2-8,15-16,25,29,32,34,39,44H,9-14,17-24,26-28,30H2,1H3,(H,52,63)/t32-,34-,39?. The maximum absolute atomic E-state index is 14.3. The lowest BCUT2D eigenvalue weighted by molar-refractivity contribution is -0.150. The van der Waals surface area contributed by atoms with Crippen molar-refractivity contribution in [2.45, 2.75) is 76.7 Å². The summed E-state index contributed by atoms with van der Waals surface area (Å²) >= 11 is 0. The quantitative estimate of drug-likeness (QED) is 0.154. The SMILES string of the molecule is CN1C(=O)CCC(N2Cc3c(OCc4ccc(CN5CCN(C[C@H]6CC[C@H](n7cc(NC(=O)c8cnn9ccc(N%10CCOCC%10)nc89)c(C(F)F)n7)CC6)CC5)cc4)cccc3C2=O)C1=O. The summed E-state index contributed by atoms with van der Waals surface area (Å²) in [6, 6.07) is 15.0. The molecule has 19 heteroatoms. The van der Waals surface area contributed by atoms with Crippen LogP contribution in [0.5, 0.6) is 5.75 Å². The lowest BCUT2D eigenvalue weighted by Crippen LogP contribution is -2.53. The van der Waals surface area contributed by atoms with Gasteiger partial charge in [0.05, 0.1) is 37.7 Å². The van der Waals surface area contributed by atoms with Gasteiger partial charge in [0.2, 0.25) is 5.91 Å². The number of imide groups is 1. The minimum absolute atomic E-state index is 0.00256. The minimum atomic E-state index is -2.86. The molecule has 5 aliphatic rings. The highest BCUT2D eigenvalue weighted by Gasteiger charge is 2.42. The molecule has 5 aromatic rings. The number of nitrogens with zero attached hydrogens (tertiary/aromatic N) is 10. The molecule has 0 radical (unpaired) electrons. The van der Waals surface area contributed by atoms with Crippen molar-refractivity contribution >= 4 is 40.8 Å². The van der Waals surface area contributed by atoms with Crippen molar-refractivity contribution < 1.29 is 37.4 Å². The number of amides is 4. The maximum atomic E-state index is 14.3. The number of hydrogen-bond donors (Lipinski definition) is 1. The van der Waals surface area contributed by atoms with Crippen molar-refractivity contribution in [1.29, 1.82) is 0 Å². The molecule has 1 aliphatic carbocycles. The van der Waals surface area contributed by atoms with Gasteiger partial charge in [-0.2, -0.15) is 10.2 Å². The Hall–Kier alpha value is -6.31. The van der Waals surface area contributed by atoms with E-state index in [-0.39, 0.29) is 48.0 Å². The van der Waals surface area contributed by atoms with Gasteiger partial charge in [-0.3, -0.25) is 33.7 Å². The largest absolute Gasteiger partial charge is 0.489 e. The molecular formula is C48H55F2N11O6. The maximum Gasteiger partial charge on any atom is 0.284 e. The number of benzene rings is 2. The first-order chi connectivity index (χ1) is 32.6. The first kappa shape index (κ1) is 44.5. The van der Waals surface area contributed by atoms with Gasteiger partial charge in [0, 0.05) is 89.3 Å². The van der Waals surface area contributed by atoms with Crippen molar-refractivity contribution in [2.75, 3.05) is 76.3 Å². The molecule has 352 valence electrons. The molecule has 17 nitrogen and oxygen atoms in total. The Morgan fingerprint density at radius 2 is 1.66 bits per heavy atom. The van der Waals surface area contributed by atoms with E-state index < -0.39 is 24.1 Å². The van der Waals surface area contributed by atoms with Gasteiger partial charge in [-0.15, -0.1) is 0 Å². The van der Waals surface area contributed by atoms with E-state index in [1.165, 1.54) is 23.3 Å². The monoisotopic (exact) mass is 919 g/mol. The van der Waals surface area contributed by atoms with E-state index >= 15 is 0 Å². The molecule has 2 aromatic carbocycles. The number of morpholine rings is 1. The molecule has 0 spiro atoms. The number of likely N-dealkylation sites (N-methyl/N-ethyl adjacent to an activating group) is 1. The summed E-state index contributed by atoms with van der Waals surface area (Å²) in [5.74, 6) is 0.468. The predicted molar refractivity (Wildman–Crippen MR) is 242 cm³/mol. The number of carbonyl (C=O) groups is 4. The van der Waals surface area contributed by atoms with Gasteiger partial charge in [-0.05, 0) is 67.3 Å². The van der Waals surface area contributed by atoms with Crippen LogP contribution in [0, 0.1) is 5.92 Å². The van der Waals surface area contributed by atoms with Crippen molar-refractivity contribution in [3.63, 3.8) is 0 Å². The van der Waals surface area contributed by atoms with Crippen molar-refractivity contribution in [1.82, 2.24) is 44.0 Å². The first-order valence-corrected chi connectivity index (χ1v) is 23.3. The van der Waals surface area contributed by atoms with Crippen LogP contribution in [0.25, 0.3) is 5.65 Å². The molecular weight excluding hydrogens is 865 g/mol. The predicted octanol–water partition coefficient (Wildman–Crippen LogP) is 5.18. The van der Waals surface area contributed by atoms with Crippen LogP contribution >= 0.6 is 0 Å². The third kappa shape index (κ3) is 9.36. The van der Waals surface area contributed by atoms with Crippen molar-refractivity contribution in [3.05, 3.63) is 101 Å². The lowest BCUT2D eigenvalue weighted by Gasteiger charge is -2.38. The van der Waals surface area contributed by atoms with Crippen LogP contribution < -0.4 is 15.0 Å². The third-order valence-electron chi connectivity index (χ3n) is 14.1. The van der Waals surface area contributed by atoms with E-state index in [2.05, 4.69) is 59.5 Å². The lowest BCUT2D eigenvalue weighted by atomic mass is 9.85. The van der Waals surface area contributed by atoms with E-state index in [9.17, 15) is 28.0 Å². The fourth-order valence-corrected chi connectivity index (χ4v) is 10.2. The summed E-state index contributed by atoms with van der Waals surface area (Å²) in [4.78, 5) is 66.2. The molecule has 67 heavy (non-hydrogen) atoms. The Bertz CT molecular complexity index is 2630. The number of carbonyl (C=O) groups excluding carboxylic acids is 4. The molecule has 0 bridgehead atoms. The average Bonchev–Trinajstić information content (AvgIpc) is 4.07. The summed E-state index contributed by atoms with van der Waals surface area (Å²) in [5.41, 5.74) is 3.61. The van der Waals surface area contributed by atoms with Gasteiger partial charge in [0.25, 0.3) is 24.1 Å². The number of piperazine rings is 1. The van der Waals surface area contributed by atoms with Crippen LogP contribution in [0.1, 0.15) is 94.1 Å². The van der Waals surface area contributed by atoms with Crippen molar-refractivity contribution in [2.24, 2.45) is 5.92 Å². The van der Waals surface area contributed by atoms with Gasteiger partial charge < -0.3 is 29.5 Å². The topological polar surface area (TPSA) is 163 Å². The normalized spacial score (nSPS) is 22.0. The highest BCUT2D eigenvalue weighted by molar-refractivity contribution is 6.08. The molecule has 3 saturated heterocycles. The zero-order valence-corrected chi connectivity index (χ0v) is 37.6. The number of nitrogens with one attached hydrogen (secondary N) is 1. The summed E-state index contributed by atoms with van der Waals surface area (Å²) in [5, 5.41) is 11.2. The number of piperidine rings is 1. The molecule has 1 saturated carbocycles. The Morgan fingerprint density at radius 1 is 0.910 bits per heavy atom. The molecule has 10 rings (SSSR count). The number of alkyl halides is 2. The Balaban J connectivity index is 0.669. The second kappa shape index (κ2) is 19.1. The van der Waals surface area contributed by atoms with Crippen molar-refractivity contribution in [3.8, 4) is 5.75 Å². The van der Waals surface area contributed by atoms with E-state index in [0.717, 1.165) is 81.0 Å². The first-order valence-electron chi connectivity index (χ1n) is 23.3. The summed E-state index contributed by atoms with van der Waals surface area (Å²) in [6.07, 6.45) is 5.96. The molecule has 3 aromatic heterocycles. The zero-order valence-electron chi connectivity index (χ0n) is 37.6. The number of rotatable bonds is 13. The molecule has 4 fully saturated rings. The zero-order chi connectivity index (χ0) is 46.2. The number of aromatic nitrogens is 5. The van der Waals surface area contributed by atoms with Gasteiger partial charge in [0.1, 0.15) is 29.8 Å². The highest BCUT2D eigenvalue weighted by Crippen LogP contribution is 2.37. The van der Waals surface area contributed by atoms with Gasteiger partial charge in [-0.1, -0.05) is 30.3 Å². The third-order valence-corrected chi connectivity index (χ3v) is 14.1. The summed E-state index contributed by atoms with van der Waals surface area (Å²) in [6.45, 7) is 8.88. The smallest absolute Gasteiger partial charge is 0.284 e. The molecule has 1 N–H and O–H groups in total. The number of halogens is 2. The van der Waals surface area contributed by atoms with Gasteiger partial charge in [-0.25, -0.2) is 18.3 Å². The van der Waals surface area contributed by atoms with Crippen LogP contribution in [0.15, 0.2) is 67.1 Å². The fraction of sp³-hybridized carbons (Fsp3) is 0.479. The van der Waals surface area contributed by atoms with Crippen LogP contribution in [0.3, 0.4) is 0 Å². The molecule has 7 heterocycles. The molecule has 4 aliphatic heterocycles. The van der Waals surface area contributed by atoms with E-state index in [1.54, 1.807) is 34.1 Å². The molecule has 4 amide bonds. The van der Waals surface area contributed by atoms with E-state index in [1.807, 2.05) is 12.1 Å². The Kier molecular flexibility index (Phi) is 12.7. The summed E-state index contributed by atoms with van der Waals surface area (Å²) in [7, 11) is 1.47. The number of anilines is 2. The Morgan fingerprint density at radius 3 is 2.42 bits per heavy atom. The van der Waals surface area contributed by atoms with Crippen LogP contribution in [-0.4, -0.2) is 140 Å². The average molecular weight is 920 g/mol. The Labute approximate surface area is 386 Å². The number of ether oxygens (including phenoxy) is 2. The number of likely N-dealkylation sites (tertiary alicyclic amines) is 1. The van der Waals surface area contributed by atoms with Gasteiger partial charge >= 0.3 is 0 Å². The van der Waals surface area contributed by atoms with E-state index in [4.69, 9.17) is 9.47 Å². The molecule has 1 unspecified atom stereocenters. The van der Waals surface area contributed by atoms with Crippen LogP contribution in [-0.2, 0) is 34.0 Å². The summed E-state index contributed by atoms with van der Waals surface area (Å²) < 4.78 is 43.4. The fourth-order valence-electron chi connectivity index (χ4n) is 10.2. The minimum Gasteiger partial charge on any atom is -0.489 e. The van der Waals surface area contributed by atoms with Crippen LogP contribution in [0.4, 0.5) is 20.3 Å². The molecule has 1 atom stereocenters. The number of fused-ring (bicyclic) bond motifs is 2. The second-order valence-electron chi connectivity index (χ2n) is 18.3. The number of hydrogen-bond acceptors (Lipinski definition) is 12. The second-order valence-corrected chi connectivity index (χ2v) is 18.3. The highest BCUT2D eigenvalue weighted by atomic mass is 19.3. The van der Waals surface area contributed by atoms with Gasteiger partial charge in [0.15, 0.2) is 11.3 Å². The van der Waals surface area contributed by atoms with E-state index in [0.29, 0.717) is 68.0 Å².